The van der Waals surface area contributed by atoms with Gasteiger partial charge in [-0.05, 0) is 36.4 Å². The highest BCUT2D eigenvalue weighted by atomic mass is 19.1. The molecule has 0 saturated carbocycles. The molecule has 0 spiro atoms. The van der Waals surface area contributed by atoms with Crippen LogP contribution < -0.4 is 5.73 Å². The predicted molar refractivity (Wildman–Crippen MR) is 60.6 cm³/mol. The fourth-order valence-corrected chi connectivity index (χ4v) is 1.52. The lowest BCUT2D eigenvalue weighted by Gasteiger charge is -2.06. The second-order valence-electron chi connectivity index (χ2n) is 3.66. The van der Waals surface area contributed by atoms with Gasteiger partial charge in [0.05, 0.1) is 11.3 Å². The van der Waals surface area contributed by atoms with E-state index >= 15 is 0 Å². The standard InChI is InChI=1S/C13H8F3NO/c14-8-3-1-7(2-4-8)13(18)11-9(15)5-6-10(17)12(11)16/h1-6H,17H2. The third kappa shape index (κ3) is 2.07. The van der Waals surface area contributed by atoms with E-state index in [9.17, 15) is 18.0 Å². The molecule has 2 aromatic rings. The second kappa shape index (κ2) is 4.52. The van der Waals surface area contributed by atoms with Gasteiger partial charge < -0.3 is 5.73 Å². The molecule has 2 N–H and O–H groups in total. The van der Waals surface area contributed by atoms with E-state index in [2.05, 4.69) is 0 Å². The molecule has 0 radical (unpaired) electrons. The van der Waals surface area contributed by atoms with Crippen molar-refractivity contribution in [3.8, 4) is 0 Å². The second-order valence-corrected chi connectivity index (χ2v) is 3.66. The number of nitrogen functional groups attached to an aromatic ring is 1. The Morgan fingerprint density at radius 3 is 2.17 bits per heavy atom. The Morgan fingerprint density at radius 1 is 0.944 bits per heavy atom. The van der Waals surface area contributed by atoms with Crippen LogP contribution in [0.3, 0.4) is 0 Å². The first kappa shape index (κ1) is 12.2. The molecule has 0 fully saturated rings. The molecule has 0 heterocycles. The summed E-state index contributed by atoms with van der Waals surface area (Å²) in [5.74, 6) is -3.53. The SMILES string of the molecule is Nc1ccc(F)c(C(=O)c2ccc(F)cc2)c1F. The number of nitrogens with two attached hydrogens (primary N) is 1. The number of carbonyl (C=O) groups is 1. The minimum atomic E-state index is -1.11. The molecule has 0 bridgehead atoms. The Bertz CT molecular complexity index is 608. The maximum Gasteiger partial charge on any atom is 0.199 e. The molecule has 2 nitrogen and oxygen atoms in total. The van der Waals surface area contributed by atoms with Crippen molar-refractivity contribution >= 4 is 11.5 Å². The zero-order valence-electron chi connectivity index (χ0n) is 9.08. The first-order chi connectivity index (χ1) is 8.50. The summed E-state index contributed by atoms with van der Waals surface area (Å²) in [6.45, 7) is 0. The van der Waals surface area contributed by atoms with Gasteiger partial charge in [0.2, 0.25) is 0 Å². The molecule has 0 aliphatic carbocycles. The summed E-state index contributed by atoms with van der Waals surface area (Å²) in [4.78, 5) is 11.9. The summed E-state index contributed by atoms with van der Waals surface area (Å²) in [5, 5.41) is 0. The van der Waals surface area contributed by atoms with Crippen molar-refractivity contribution < 1.29 is 18.0 Å². The van der Waals surface area contributed by atoms with Gasteiger partial charge in [0.1, 0.15) is 11.6 Å². The highest BCUT2D eigenvalue weighted by Crippen LogP contribution is 2.21. The molecule has 2 aromatic carbocycles. The van der Waals surface area contributed by atoms with Crippen LogP contribution in [0.25, 0.3) is 0 Å². The molecule has 2 rings (SSSR count). The zero-order chi connectivity index (χ0) is 13.3. The summed E-state index contributed by atoms with van der Waals surface area (Å²) < 4.78 is 39.8. The van der Waals surface area contributed by atoms with Gasteiger partial charge in [0.25, 0.3) is 0 Å². The number of halogens is 3. The molecule has 0 atom stereocenters. The molecule has 0 aromatic heterocycles. The predicted octanol–water partition coefficient (Wildman–Crippen LogP) is 2.92. The van der Waals surface area contributed by atoms with Crippen molar-refractivity contribution in [2.24, 2.45) is 0 Å². The number of benzene rings is 2. The van der Waals surface area contributed by atoms with Gasteiger partial charge in [0, 0.05) is 5.56 Å². The third-order valence-corrected chi connectivity index (χ3v) is 2.45. The van der Waals surface area contributed by atoms with E-state index in [1.807, 2.05) is 0 Å². The molecule has 0 amide bonds. The van der Waals surface area contributed by atoms with Gasteiger partial charge in [-0.3, -0.25) is 4.79 Å². The highest BCUT2D eigenvalue weighted by Gasteiger charge is 2.20. The van der Waals surface area contributed by atoms with Crippen molar-refractivity contribution in [1.29, 1.82) is 0 Å². The van der Waals surface area contributed by atoms with Crippen molar-refractivity contribution in [3.63, 3.8) is 0 Å². The molecule has 18 heavy (non-hydrogen) atoms. The monoisotopic (exact) mass is 251 g/mol. The van der Waals surface area contributed by atoms with Crippen LogP contribution in [0, 0.1) is 17.5 Å². The molecule has 92 valence electrons. The quantitative estimate of drug-likeness (QED) is 0.658. The van der Waals surface area contributed by atoms with Crippen molar-refractivity contribution in [1.82, 2.24) is 0 Å². The topological polar surface area (TPSA) is 43.1 Å². The highest BCUT2D eigenvalue weighted by molar-refractivity contribution is 6.09. The molecule has 5 heteroatoms. The molecule has 0 saturated heterocycles. The van der Waals surface area contributed by atoms with Crippen LogP contribution in [0.4, 0.5) is 18.9 Å². The van der Waals surface area contributed by atoms with Crippen LogP contribution in [-0.4, -0.2) is 5.78 Å². The number of anilines is 1. The van der Waals surface area contributed by atoms with Gasteiger partial charge >= 0.3 is 0 Å². The lowest BCUT2D eigenvalue weighted by atomic mass is 10.0. The molecule has 0 unspecified atom stereocenters. The van der Waals surface area contributed by atoms with E-state index < -0.39 is 28.8 Å². The van der Waals surface area contributed by atoms with Gasteiger partial charge in [-0.1, -0.05) is 0 Å². The minimum Gasteiger partial charge on any atom is -0.396 e. The van der Waals surface area contributed by atoms with Gasteiger partial charge in [0.15, 0.2) is 11.6 Å². The molecular weight excluding hydrogens is 243 g/mol. The fraction of sp³-hybridized carbons (Fsp3) is 0. The molecule has 0 aliphatic rings. The van der Waals surface area contributed by atoms with E-state index in [4.69, 9.17) is 5.73 Å². The van der Waals surface area contributed by atoms with Crippen LogP contribution in [0.5, 0.6) is 0 Å². The maximum atomic E-state index is 13.6. The van der Waals surface area contributed by atoms with Crippen molar-refractivity contribution in [2.75, 3.05) is 5.73 Å². The van der Waals surface area contributed by atoms with Crippen LogP contribution >= 0.6 is 0 Å². The first-order valence-corrected chi connectivity index (χ1v) is 5.04. The Balaban J connectivity index is 2.52. The van der Waals surface area contributed by atoms with Crippen molar-refractivity contribution in [2.45, 2.75) is 0 Å². The van der Waals surface area contributed by atoms with Gasteiger partial charge in [-0.15, -0.1) is 0 Å². The normalized spacial score (nSPS) is 10.4. The maximum absolute atomic E-state index is 13.6. The summed E-state index contributed by atoms with van der Waals surface area (Å²) in [6.07, 6.45) is 0. The fourth-order valence-electron chi connectivity index (χ4n) is 1.52. The van der Waals surface area contributed by atoms with E-state index in [1.165, 1.54) is 0 Å². The zero-order valence-corrected chi connectivity index (χ0v) is 9.08. The summed E-state index contributed by atoms with van der Waals surface area (Å²) in [6, 6.07) is 6.32. The van der Waals surface area contributed by atoms with E-state index in [0.717, 1.165) is 36.4 Å². The van der Waals surface area contributed by atoms with Crippen LogP contribution in [0.15, 0.2) is 36.4 Å². The summed E-state index contributed by atoms with van der Waals surface area (Å²) in [7, 11) is 0. The van der Waals surface area contributed by atoms with E-state index in [-0.39, 0.29) is 11.3 Å². The lowest BCUT2D eigenvalue weighted by Crippen LogP contribution is -2.09. The number of ketones is 1. The van der Waals surface area contributed by atoms with E-state index in [0.29, 0.717) is 0 Å². The average molecular weight is 251 g/mol. The van der Waals surface area contributed by atoms with E-state index in [1.54, 1.807) is 0 Å². The number of hydrogen-bond acceptors (Lipinski definition) is 2. The molecule has 0 aliphatic heterocycles. The number of carbonyl (C=O) groups excluding carboxylic acids is 1. The Kier molecular flexibility index (Phi) is 3.06. The minimum absolute atomic E-state index is 0.0141. The average Bonchev–Trinajstić information content (AvgIpc) is 2.35. The number of hydrogen-bond donors (Lipinski definition) is 1. The third-order valence-electron chi connectivity index (χ3n) is 2.45. The smallest absolute Gasteiger partial charge is 0.199 e. The molecular formula is C13H8F3NO. The van der Waals surface area contributed by atoms with Crippen LogP contribution in [0.1, 0.15) is 15.9 Å². The van der Waals surface area contributed by atoms with Crippen LogP contribution in [0.2, 0.25) is 0 Å². The summed E-state index contributed by atoms with van der Waals surface area (Å²) in [5.41, 5.74) is 4.21. The Hall–Kier alpha value is -2.30. The van der Waals surface area contributed by atoms with Crippen molar-refractivity contribution in [3.05, 3.63) is 65.0 Å². The van der Waals surface area contributed by atoms with Gasteiger partial charge in [-0.25, -0.2) is 13.2 Å². The number of rotatable bonds is 2. The lowest BCUT2D eigenvalue weighted by molar-refractivity contribution is 0.103. The first-order valence-electron chi connectivity index (χ1n) is 5.04. The largest absolute Gasteiger partial charge is 0.396 e. The summed E-state index contributed by atoms with van der Waals surface area (Å²) >= 11 is 0. The van der Waals surface area contributed by atoms with Crippen LogP contribution in [-0.2, 0) is 0 Å². The Labute approximate surface area is 101 Å². The van der Waals surface area contributed by atoms with Gasteiger partial charge in [-0.2, -0.15) is 0 Å². The Morgan fingerprint density at radius 2 is 1.56 bits per heavy atom.